The van der Waals surface area contributed by atoms with E-state index in [2.05, 4.69) is 39.1 Å². The number of thiophene rings is 1. The van der Waals surface area contributed by atoms with E-state index in [4.69, 9.17) is 5.84 Å². The minimum atomic E-state index is 0.615. The lowest BCUT2D eigenvalue weighted by molar-refractivity contribution is 0.952. The van der Waals surface area contributed by atoms with Crippen molar-refractivity contribution in [2.24, 2.45) is 5.84 Å². The molecule has 0 aliphatic carbocycles. The van der Waals surface area contributed by atoms with Crippen molar-refractivity contribution in [2.75, 3.05) is 17.0 Å². The van der Waals surface area contributed by atoms with Crippen LogP contribution in [-0.4, -0.2) is 16.2 Å². The Labute approximate surface area is 121 Å². The Morgan fingerprint density at radius 3 is 2.84 bits per heavy atom. The average molecular weight is 295 g/mol. The summed E-state index contributed by atoms with van der Waals surface area (Å²) in [6.45, 7) is 2.94. The fourth-order valence-corrected chi connectivity index (χ4v) is 2.98. The normalized spacial score (nSPS) is 10.5. The van der Waals surface area contributed by atoms with Gasteiger partial charge in [-0.2, -0.15) is 0 Å². The molecule has 19 heavy (non-hydrogen) atoms. The number of aryl methyl sites for hydroxylation is 1. The minimum Gasteiger partial charge on any atom is -0.365 e. The fourth-order valence-electron chi connectivity index (χ4n) is 1.69. The van der Waals surface area contributed by atoms with E-state index in [1.165, 1.54) is 22.2 Å². The van der Waals surface area contributed by atoms with Crippen LogP contribution in [0, 0.1) is 0 Å². The summed E-state index contributed by atoms with van der Waals surface area (Å²) in [6, 6.07) is 3.97. The summed E-state index contributed by atoms with van der Waals surface area (Å²) >= 11 is 3.25. The van der Waals surface area contributed by atoms with Gasteiger partial charge < -0.3 is 10.7 Å². The van der Waals surface area contributed by atoms with Crippen LogP contribution >= 0.6 is 23.1 Å². The molecule has 7 heteroatoms. The summed E-state index contributed by atoms with van der Waals surface area (Å²) in [4.78, 5) is 9.97. The van der Waals surface area contributed by atoms with Gasteiger partial charge in [-0.3, -0.25) is 0 Å². The molecule has 0 unspecified atom stereocenters. The van der Waals surface area contributed by atoms with Crippen molar-refractivity contribution in [3.05, 3.63) is 28.0 Å². The topological polar surface area (TPSA) is 75.9 Å². The van der Waals surface area contributed by atoms with Crippen molar-refractivity contribution >= 4 is 34.7 Å². The predicted octanol–water partition coefficient (Wildman–Crippen LogP) is 2.72. The van der Waals surface area contributed by atoms with E-state index in [9.17, 15) is 0 Å². The molecule has 0 amide bonds. The van der Waals surface area contributed by atoms with Gasteiger partial charge in [0.05, 0.1) is 6.54 Å². The van der Waals surface area contributed by atoms with Gasteiger partial charge in [0.15, 0.2) is 5.16 Å². The molecule has 2 heterocycles. The Kier molecular flexibility index (Phi) is 5.00. The predicted molar refractivity (Wildman–Crippen MR) is 82.6 cm³/mol. The minimum absolute atomic E-state index is 0.615. The molecule has 0 radical (unpaired) electrons. The highest BCUT2D eigenvalue weighted by atomic mass is 32.2. The zero-order chi connectivity index (χ0) is 13.7. The molecule has 2 aromatic heterocycles. The highest BCUT2D eigenvalue weighted by Crippen LogP contribution is 2.21. The van der Waals surface area contributed by atoms with Crippen LogP contribution in [0.1, 0.15) is 17.4 Å². The fraction of sp³-hybridized carbons (Fsp3) is 0.333. The number of nitrogens with one attached hydrogen (secondary N) is 2. The number of hydrogen-bond acceptors (Lipinski definition) is 7. The van der Waals surface area contributed by atoms with E-state index >= 15 is 0 Å². The van der Waals surface area contributed by atoms with Gasteiger partial charge in [-0.25, -0.2) is 15.8 Å². The molecule has 2 rings (SSSR count). The highest BCUT2D eigenvalue weighted by Gasteiger charge is 2.05. The van der Waals surface area contributed by atoms with Crippen LogP contribution < -0.4 is 16.6 Å². The molecule has 102 valence electrons. The van der Waals surface area contributed by atoms with Crippen molar-refractivity contribution in [1.82, 2.24) is 9.97 Å². The van der Waals surface area contributed by atoms with E-state index in [-0.39, 0.29) is 0 Å². The second-order valence-electron chi connectivity index (χ2n) is 3.85. The molecule has 0 spiro atoms. The number of nitrogens with zero attached hydrogens (tertiary/aromatic N) is 2. The molecule has 0 fully saturated rings. The lowest BCUT2D eigenvalue weighted by atomic mass is 10.2. The third kappa shape index (κ3) is 3.59. The Bertz CT molecular complexity index is 518. The third-order valence-corrected chi connectivity index (χ3v) is 4.20. The molecule has 0 aromatic carbocycles. The maximum atomic E-state index is 5.40. The standard InChI is InChI=1S/C12H17N5S2/c1-3-8-4-5-19-9(8)7-14-10-6-11(17-13)16-12(15-10)18-2/h4-6H,3,7,13H2,1-2H3,(H2,14,15,16,17). The second kappa shape index (κ2) is 6.74. The summed E-state index contributed by atoms with van der Waals surface area (Å²) < 4.78 is 0. The average Bonchev–Trinajstić information content (AvgIpc) is 2.92. The van der Waals surface area contributed by atoms with Gasteiger partial charge in [-0.05, 0) is 29.7 Å². The number of aromatic nitrogens is 2. The van der Waals surface area contributed by atoms with E-state index in [1.54, 1.807) is 17.4 Å². The van der Waals surface area contributed by atoms with Crippen LogP contribution in [0.25, 0.3) is 0 Å². The highest BCUT2D eigenvalue weighted by molar-refractivity contribution is 7.98. The van der Waals surface area contributed by atoms with Crippen molar-refractivity contribution in [2.45, 2.75) is 25.0 Å². The number of hydrazine groups is 1. The van der Waals surface area contributed by atoms with Crippen molar-refractivity contribution in [1.29, 1.82) is 0 Å². The van der Waals surface area contributed by atoms with E-state index in [0.717, 1.165) is 18.8 Å². The summed E-state index contributed by atoms with van der Waals surface area (Å²) in [5.74, 6) is 6.80. The van der Waals surface area contributed by atoms with Gasteiger partial charge in [0.25, 0.3) is 0 Å². The lowest BCUT2D eigenvalue weighted by Crippen LogP contribution is -2.11. The van der Waals surface area contributed by atoms with E-state index < -0.39 is 0 Å². The second-order valence-corrected chi connectivity index (χ2v) is 5.62. The maximum Gasteiger partial charge on any atom is 0.191 e. The number of thioether (sulfide) groups is 1. The van der Waals surface area contributed by atoms with Crippen LogP contribution in [0.3, 0.4) is 0 Å². The molecule has 4 N–H and O–H groups in total. The molecule has 0 saturated carbocycles. The Balaban J connectivity index is 2.10. The Morgan fingerprint density at radius 2 is 2.16 bits per heavy atom. The molecule has 5 nitrogen and oxygen atoms in total. The van der Waals surface area contributed by atoms with Gasteiger partial charge in [0, 0.05) is 10.9 Å². The monoisotopic (exact) mass is 295 g/mol. The summed E-state index contributed by atoms with van der Waals surface area (Å²) in [7, 11) is 0. The first kappa shape index (κ1) is 14.1. The number of hydrogen-bond donors (Lipinski definition) is 3. The van der Waals surface area contributed by atoms with E-state index in [0.29, 0.717) is 11.0 Å². The summed E-state index contributed by atoms with van der Waals surface area (Å²) in [5.41, 5.74) is 3.94. The van der Waals surface area contributed by atoms with Gasteiger partial charge in [0.1, 0.15) is 11.6 Å². The summed E-state index contributed by atoms with van der Waals surface area (Å²) in [5, 5.41) is 6.14. The quantitative estimate of drug-likeness (QED) is 0.329. The number of anilines is 2. The molecule has 0 aliphatic heterocycles. The van der Waals surface area contributed by atoms with Gasteiger partial charge >= 0.3 is 0 Å². The maximum absolute atomic E-state index is 5.40. The SMILES string of the molecule is CCc1ccsc1CNc1cc(NN)nc(SC)n1. The first-order valence-corrected chi connectivity index (χ1v) is 8.06. The first-order chi connectivity index (χ1) is 9.26. The van der Waals surface area contributed by atoms with Crippen molar-refractivity contribution in [3.8, 4) is 0 Å². The molecule has 0 atom stereocenters. The van der Waals surface area contributed by atoms with Crippen LogP contribution in [0.15, 0.2) is 22.7 Å². The third-order valence-electron chi connectivity index (χ3n) is 2.68. The van der Waals surface area contributed by atoms with Crippen LogP contribution in [0.5, 0.6) is 0 Å². The molecule has 0 aliphatic rings. The van der Waals surface area contributed by atoms with Crippen LogP contribution in [0.2, 0.25) is 0 Å². The van der Waals surface area contributed by atoms with Gasteiger partial charge in [0.2, 0.25) is 0 Å². The number of nitrogens with two attached hydrogens (primary N) is 1. The largest absolute Gasteiger partial charge is 0.365 e. The van der Waals surface area contributed by atoms with E-state index in [1.807, 2.05) is 6.26 Å². The van der Waals surface area contributed by atoms with Crippen molar-refractivity contribution < 1.29 is 0 Å². The molecule has 2 aromatic rings. The smallest absolute Gasteiger partial charge is 0.191 e. The molecule has 0 saturated heterocycles. The molecule has 0 bridgehead atoms. The lowest BCUT2D eigenvalue weighted by Gasteiger charge is -2.08. The first-order valence-electron chi connectivity index (χ1n) is 5.95. The zero-order valence-electron chi connectivity index (χ0n) is 10.9. The number of nitrogen functional groups attached to an aromatic ring is 1. The Morgan fingerprint density at radius 1 is 1.37 bits per heavy atom. The van der Waals surface area contributed by atoms with Crippen molar-refractivity contribution in [3.63, 3.8) is 0 Å². The zero-order valence-corrected chi connectivity index (χ0v) is 12.6. The Hall–Kier alpha value is -1.31. The molecular formula is C12H17N5S2. The van der Waals surface area contributed by atoms with Crippen LogP contribution in [0.4, 0.5) is 11.6 Å². The number of rotatable bonds is 6. The van der Waals surface area contributed by atoms with Gasteiger partial charge in [-0.15, -0.1) is 11.3 Å². The van der Waals surface area contributed by atoms with Crippen LogP contribution in [-0.2, 0) is 13.0 Å². The molecular weight excluding hydrogens is 278 g/mol. The van der Waals surface area contributed by atoms with Gasteiger partial charge in [-0.1, -0.05) is 18.7 Å². The summed E-state index contributed by atoms with van der Waals surface area (Å²) in [6.07, 6.45) is 2.99.